The van der Waals surface area contributed by atoms with E-state index in [-0.39, 0.29) is 0 Å². The van der Waals surface area contributed by atoms with Gasteiger partial charge in [-0.1, -0.05) is 0 Å². The first-order valence-corrected chi connectivity index (χ1v) is 6.78. The lowest BCUT2D eigenvalue weighted by Gasteiger charge is -2.08. The highest BCUT2D eigenvalue weighted by atomic mass is 32.2. The van der Waals surface area contributed by atoms with Crippen molar-refractivity contribution in [3.05, 3.63) is 48.4 Å². The number of ether oxygens (including phenoxy) is 1. The molecule has 0 fully saturated rings. The molecule has 0 radical (unpaired) electrons. The fourth-order valence-corrected chi connectivity index (χ4v) is 2.50. The number of sulfonamides is 1. The largest absolute Gasteiger partial charge is 0.497 e. The molecular weight excluding hydrogens is 271 g/mol. The van der Waals surface area contributed by atoms with E-state index in [0.29, 0.717) is 11.4 Å². The monoisotopic (exact) mass is 282 g/mol. The second kappa shape index (κ2) is 5.23. The van der Waals surface area contributed by atoms with Crippen LogP contribution in [0.4, 0.5) is 10.1 Å². The fourth-order valence-electron chi connectivity index (χ4n) is 1.43. The molecule has 0 aliphatic heterocycles. The zero-order valence-electron chi connectivity index (χ0n) is 10.00. The van der Waals surface area contributed by atoms with Gasteiger partial charge in [-0.15, -0.1) is 0 Å². The van der Waals surface area contributed by atoms with Gasteiger partial charge in [-0.05, 0) is 36.4 Å². The average Bonchev–Trinajstić information content (AvgIpc) is 2.39. The third-order valence-electron chi connectivity index (χ3n) is 2.32. The van der Waals surface area contributed by atoms with Crippen molar-refractivity contribution in [2.24, 2.45) is 0 Å². The standard InChI is InChI=1S/C12H11FN2O3S/c1-18-10-6-4-9(5-7-10)15-19(16,17)12-11(13)3-2-8-14-12/h2-8,15H,1H3. The number of hydrogen-bond donors (Lipinski definition) is 1. The summed E-state index contributed by atoms with van der Waals surface area (Å²) in [6, 6.07) is 8.56. The normalized spacial score (nSPS) is 11.1. The molecule has 1 aromatic heterocycles. The van der Waals surface area contributed by atoms with Crippen LogP contribution in [0, 0.1) is 5.82 Å². The Kier molecular flexibility index (Phi) is 3.66. The van der Waals surface area contributed by atoms with E-state index in [0.717, 1.165) is 6.07 Å². The van der Waals surface area contributed by atoms with Gasteiger partial charge in [-0.25, -0.2) is 9.37 Å². The van der Waals surface area contributed by atoms with E-state index in [1.807, 2.05) is 0 Å². The summed E-state index contributed by atoms with van der Waals surface area (Å²) < 4.78 is 44.5. The minimum absolute atomic E-state index is 0.297. The summed E-state index contributed by atoms with van der Waals surface area (Å²) in [5.41, 5.74) is 0.297. The van der Waals surface area contributed by atoms with Gasteiger partial charge in [-0.3, -0.25) is 4.72 Å². The van der Waals surface area contributed by atoms with Gasteiger partial charge in [0.15, 0.2) is 5.82 Å². The van der Waals surface area contributed by atoms with Gasteiger partial charge in [0, 0.05) is 11.9 Å². The Balaban J connectivity index is 2.28. The summed E-state index contributed by atoms with van der Waals surface area (Å²) in [5.74, 6) is -0.310. The first-order valence-electron chi connectivity index (χ1n) is 5.30. The Morgan fingerprint density at radius 1 is 1.21 bits per heavy atom. The van der Waals surface area contributed by atoms with Crippen molar-refractivity contribution < 1.29 is 17.5 Å². The zero-order chi connectivity index (χ0) is 13.9. The predicted molar refractivity (Wildman–Crippen MR) is 68.0 cm³/mol. The topological polar surface area (TPSA) is 68.3 Å². The Bertz CT molecular complexity index is 672. The molecule has 1 aromatic carbocycles. The SMILES string of the molecule is COc1ccc(NS(=O)(=O)c2ncccc2F)cc1. The number of aromatic nitrogens is 1. The number of hydrogen-bond acceptors (Lipinski definition) is 4. The lowest BCUT2D eigenvalue weighted by Crippen LogP contribution is -2.16. The Hall–Kier alpha value is -2.15. The van der Waals surface area contributed by atoms with Crippen molar-refractivity contribution >= 4 is 15.7 Å². The summed E-state index contributed by atoms with van der Waals surface area (Å²) in [5, 5.41) is -0.634. The van der Waals surface area contributed by atoms with Crippen LogP contribution in [0.25, 0.3) is 0 Å². The number of halogens is 1. The summed E-state index contributed by atoms with van der Waals surface area (Å²) >= 11 is 0. The predicted octanol–water partition coefficient (Wildman–Crippen LogP) is 2.03. The second-order valence-electron chi connectivity index (χ2n) is 3.62. The number of nitrogens with zero attached hydrogens (tertiary/aromatic N) is 1. The van der Waals surface area contributed by atoms with Gasteiger partial charge in [0.25, 0.3) is 10.0 Å². The molecule has 0 bridgehead atoms. The summed E-state index contributed by atoms with van der Waals surface area (Å²) in [4.78, 5) is 3.53. The lowest BCUT2D eigenvalue weighted by molar-refractivity contribution is 0.415. The van der Waals surface area contributed by atoms with E-state index >= 15 is 0 Å². The van der Waals surface area contributed by atoms with Crippen LogP contribution in [0.3, 0.4) is 0 Å². The van der Waals surface area contributed by atoms with Crippen LogP contribution in [0.15, 0.2) is 47.6 Å². The molecular formula is C12H11FN2O3S. The molecule has 0 unspecified atom stereocenters. The number of pyridine rings is 1. The number of rotatable bonds is 4. The number of benzene rings is 1. The van der Waals surface area contributed by atoms with Gasteiger partial charge in [-0.2, -0.15) is 8.42 Å². The molecule has 1 N–H and O–H groups in total. The second-order valence-corrected chi connectivity index (χ2v) is 5.22. The Labute approximate surface area is 110 Å². The van der Waals surface area contributed by atoms with Crippen LogP contribution in [0.2, 0.25) is 0 Å². The minimum atomic E-state index is -4.04. The molecule has 0 amide bonds. The molecule has 0 saturated heterocycles. The van der Waals surface area contributed by atoms with Crippen LogP contribution in [0.1, 0.15) is 0 Å². The number of methoxy groups -OCH3 is 1. The summed E-state index contributed by atoms with van der Waals surface area (Å²) in [6.07, 6.45) is 1.21. The highest BCUT2D eigenvalue weighted by Gasteiger charge is 2.20. The van der Waals surface area contributed by atoms with Crippen molar-refractivity contribution in [2.45, 2.75) is 5.03 Å². The molecule has 19 heavy (non-hydrogen) atoms. The lowest BCUT2D eigenvalue weighted by atomic mass is 10.3. The third kappa shape index (κ3) is 3.00. The van der Waals surface area contributed by atoms with Gasteiger partial charge in [0.2, 0.25) is 5.03 Å². The van der Waals surface area contributed by atoms with E-state index in [4.69, 9.17) is 4.74 Å². The maximum atomic E-state index is 13.4. The molecule has 0 aliphatic carbocycles. The first kappa shape index (κ1) is 13.3. The maximum absolute atomic E-state index is 13.4. The molecule has 5 nitrogen and oxygen atoms in total. The molecule has 2 aromatic rings. The third-order valence-corrected chi connectivity index (χ3v) is 3.64. The quantitative estimate of drug-likeness (QED) is 0.931. The molecule has 0 saturated carbocycles. The summed E-state index contributed by atoms with van der Waals surface area (Å²) in [7, 11) is -2.54. The Morgan fingerprint density at radius 3 is 2.47 bits per heavy atom. The molecule has 0 atom stereocenters. The number of nitrogens with one attached hydrogen (secondary N) is 1. The molecule has 7 heteroatoms. The average molecular weight is 282 g/mol. The zero-order valence-corrected chi connectivity index (χ0v) is 10.8. The van der Waals surface area contributed by atoms with Crippen molar-refractivity contribution in [1.29, 1.82) is 0 Å². The molecule has 0 aliphatic rings. The van der Waals surface area contributed by atoms with Gasteiger partial charge >= 0.3 is 0 Å². The van der Waals surface area contributed by atoms with Crippen LogP contribution in [-0.2, 0) is 10.0 Å². The molecule has 100 valence electrons. The van der Waals surface area contributed by atoms with E-state index in [2.05, 4.69) is 9.71 Å². The van der Waals surface area contributed by atoms with E-state index in [9.17, 15) is 12.8 Å². The Morgan fingerprint density at radius 2 is 1.89 bits per heavy atom. The van der Waals surface area contributed by atoms with Crippen LogP contribution in [-0.4, -0.2) is 20.5 Å². The molecule has 0 spiro atoms. The van der Waals surface area contributed by atoms with Gasteiger partial charge in [0.1, 0.15) is 5.75 Å². The van der Waals surface area contributed by atoms with Gasteiger partial charge in [0.05, 0.1) is 7.11 Å². The highest BCUT2D eigenvalue weighted by Crippen LogP contribution is 2.19. The fraction of sp³-hybridized carbons (Fsp3) is 0.0833. The van der Waals surface area contributed by atoms with Gasteiger partial charge < -0.3 is 4.74 Å². The van der Waals surface area contributed by atoms with Crippen LogP contribution in [0.5, 0.6) is 5.75 Å². The minimum Gasteiger partial charge on any atom is -0.497 e. The van der Waals surface area contributed by atoms with Crippen molar-refractivity contribution in [3.63, 3.8) is 0 Å². The summed E-state index contributed by atoms with van der Waals surface area (Å²) in [6.45, 7) is 0. The van der Waals surface area contributed by atoms with Crippen LogP contribution < -0.4 is 9.46 Å². The van der Waals surface area contributed by atoms with E-state index < -0.39 is 20.9 Å². The van der Waals surface area contributed by atoms with E-state index in [1.165, 1.54) is 31.5 Å². The maximum Gasteiger partial charge on any atom is 0.282 e. The number of anilines is 1. The van der Waals surface area contributed by atoms with E-state index in [1.54, 1.807) is 12.1 Å². The smallest absolute Gasteiger partial charge is 0.282 e. The van der Waals surface area contributed by atoms with Crippen molar-refractivity contribution in [3.8, 4) is 5.75 Å². The molecule has 2 rings (SSSR count). The van der Waals surface area contributed by atoms with Crippen molar-refractivity contribution in [1.82, 2.24) is 4.98 Å². The first-order chi connectivity index (χ1) is 9.03. The molecule has 1 heterocycles. The van der Waals surface area contributed by atoms with Crippen LogP contribution >= 0.6 is 0 Å². The van der Waals surface area contributed by atoms with Crippen molar-refractivity contribution in [2.75, 3.05) is 11.8 Å². The highest BCUT2D eigenvalue weighted by molar-refractivity contribution is 7.92.